The van der Waals surface area contributed by atoms with Gasteiger partial charge in [0.05, 0.1) is 5.84 Å². The molecule has 0 aromatic rings. The molecule has 0 aliphatic rings. The van der Waals surface area contributed by atoms with E-state index in [0.717, 1.165) is 0 Å². The zero-order valence-corrected chi connectivity index (χ0v) is 9.21. The Hall–Kier alpha value is -1.36. The van der Waals surface area contributed by atoms with Crippen LogP contribution in [0.3, 0.4) is 0 Å². The van der Waals surface area contributed by atoms with Gasteiger partial charge in [0.15, 0.2) is 0 Å². The highest BCUT2D eigenvalue weighted by Crippen LogP contribution is 2.08. The van der Waals surface area contributed by atoms with E-state index < -0.39 is 11.5 Å². The molecule has 15 heavy (non-hydrogen) atoms. The molecule has 0 aromatic heterocycles. The van der Waals surface area contributed by atoms with Crippen LogP contribution in [0.5, 0.6) is 0 Å². The van der Waals surface area contributed by atoms with Crippen molar-refractivity contribution in [2.24, 2.45) is 5.73 Å². The van der Waals surface area contributed by atoms with E-state index in [1.165, 1.54) is 6.92 Å². The second kappa shape index (κ2) is 6.19. The lowest BCUT2D eigenvalue weighted by Gasteiger charge is -2.17. The molecule has 1 atom stereocenters. The lowest BCUT2D eigenvalue weighted by atomic mass is 9.97. The van der Waals surface area contributed by atoms with E-state index in [2.05, 4.69) is 5.32 Å². The topological polar surface area (TPSA) is 99.2 Å². The maximum absolute atomic E-state index is 10.6. The molecular formula is C10H19N3O2. The number of carboxylic acids is 1. The maximum atomic E-state index is 10.6. The van der Waals surface area contributed by atoms with Gasteiger partial charge in [-0.1, -0.05) is 12.2 Å². The van der Waals surface area contributed by atoms with Crippen LogP contribution < -0.4 is 11.1 Å². The number of amidine groups is 1. The summed E-state index contributed by atoms with van der Waals surface area (Å²) in [5.41, 5.74) is 4.38. The van der Waals surface area contributed by atoms with E-state index in [1.807, 2.05) is 12.2 Å². The number of hydrogen-bond donors (Lipinski definition) is 4. The predicted octanol–water partition coefficient (Wildman–Crippen LogP) is 0.712. The van der Waals surface area contributed by atoms with Crippen LogP contribution >= 0.6 is 0 Å². The van der Waals surface area contributed by atoms with Gasteiger partial charge in [-0.05, 0) is 26.7 Å². The van der Waals surface area contributed by atoms with Crippen molar-refractivity contribution in [2.45, 2.75) is 32.2 Å². The first-order chi connectivity index (χ1) is 6.86. The summed E-state index contributed by atoms with van der Waals surface area (Å²) in [6.07, 6.45) is 4.75. The molecule has 0 heterocycles. The standard InChI is InChI=1S/C10H19N3O2/c1-8(11)13-7-5-3-4-6-10(2,12)9(14)15/h3,5H,4,6-7,12H2,1-2H3,(H2,11,13)(H,14,15)/b5-3-/t10-/m1/s1. The summed E-state index contributed by atoms with van der Waals surface area (Å²) in [4.78, 5) is 10.6. The van der Waals surface area contributed by atoms with Crippen molar-refractivity contribution in [3.05, 3.63) is 12.2 Å². The van der Waals surface area contributed by atoms with Crippen molar-refractivity contribution in [3.63, 3.8) is 0 Å². The first kappa shape index (κ1) is 13.6. The Morgan fingerprint density at radius 2 is 2.20 bits per heavy atom. The van der Waals surface area contributed by atoms with Crippen LogP contribution in [0.4, 0.5) is 0 Å². The van der Waals surface area contributed by atoms with Crippen LogP contribution in [0.25, 0.3) is 0 Å². The molecule has 0 spiro atoms. The van der Waals surface area contributed by atoms with E-state index in [1.54, 1.807) is 6.92 Å². The summed E-state index contributed by atoms with van der Waals surface area (Å²) in [5.74, 6) is -0.571. The van der Waals surface area contributed by atoms with Gasteiger partial charge in [0.1, 0.15) is 5.54 Å². The molecule has 0 rings (SSSR count). The number of allylic oxidation sites excluding steroid dienone is 1. The molecule has 0 saturated carbocycles. The molecule has 5 N–H and O–H groups in total. The lowest BCUT2D eigenvalue weighted by molar-refractivity contribution is -0.142. The second-order valence-electron chi connectivity index (χ2n) is 3.74. The third kappa shape index (κ3) is 6.68. The van der Waals surface area contributed by atoms with Gasteiger partial charge in [0.25, 0.3) is 0 Å². The average molecular weight is 213 g/mol. The number of hydrogen-bond acceptors (Lipinski definition) is 3. The largest absolute Gasteiger partial charge is 0.480 e. The zero-order valence-electron chi connectivity index (χ0n) is 9.21. The molecule has 0 bridgehead atoms. The third-order valence-electron chi connectivity index (χ3n) is 1.97. The van der Waals surface area contributed by atoms with Crippen LogP contribution in [0, 0.1) is 5.41 Å². The summed E-state index contributed by atoms with van der Waals surface area (Å²) in [6, 6.07) is 0. The molecule has 0 unspecified atom stereocenters. The van der Waals surface area contributed by atoms with Crippen molar-refractivity contribution in [2.75, 3.05) is 6.54 Å². The Morgan fingerprint density at radius 1 is 1.60 bits per heavy atom. The maximum Gasteiger partial charge on any atom is 0.323 e. The minimum atomic E-state index is -1.16. The Kier molecular flexibility index (Phi) is 5.62. The summed E-state index contributed by atoms with van der Waals surface area (Å²) in [5, 5.41) is 18.6. The van der Waals surface area contributed by atoms with E-state index in [0.29, 0.717) is 25.2 Å². The molecule has 0 aliphatic carbocycles. The highest BCUT2D eigenvalue weighted by Gasteiger charge is 2.26. The first-order valence-corrected chi connectivity index (χ1v) is 4.82. The van der Waals surface area contributed by atoms with Crippen LogP contribution in [0.1, 0.15) is 26.7 Å². The fourth-order valence-corrected chi connectivity index (χ4v) is 0.903. The van der Waals surface area contributed by atoms with Gasteiger partial charge < -0.3 is 16.2 Å². The molecule has 0 aliphatic heterocycles. The lowest BCUT2D eigenvalue weighted by Crippen LogP contribution is -2.44. The van der Waals surface area contributed by atoms with Gasteiger partial charge in [-0.3, -0.25) is 10.2 Å². The summed E-state index contributed by atoms with van der Waals surface area (Å²) < 4.78 is 0. The fourth-order valence-electron chi connectivity index (χ4n) is 0.903. The van der Waals surface area contributed by atoms with Crippen LogP contribution in [0.15, 0.2) is 12.2 Å². The number of aliphatic carboxylic acids is 1. The molecule has 86 valence electrons. The number of carboxylic acid groups (broad SMARTS) is 1. The Bertz CT molecular complexity index is 259. The predicted molar refractivity (Wildman–Crippen MR) is 60.0 cm³/mol. The van der Waals surface area contributed by atoms with Crippen molar-refractivity contribution in [3.8, 4) is 0 Å². The Balaban J connectivity index is 3.70. The molecule has 0 fully saturated rings. The number of nitrogens with two attached hydrogens (primary N) is 1. The van der Waals surface area contributed by atoms with Crippen LogP contribution in [-0.4, -0.2) is 29.0 Å². The van der Waals surface area contributed by atoms with Gasteiger partial charge >= 0.3 is 5.97 Å². The minimum Gasteiger partial charge on any atom is -0.480 e. The molecule has 0 saturated heterocycles. The Labute approximate surface area is 89.9 Å². The van der Waals surface area contributed by atoms with Crippen molar-refractivity contribution in [1.82, 2.24) is 5.32 Å². The van der Waals surface area contributed by atoms with E-state index in [9.17, 15) is 4.79 Å². The monoisotopic (exact) mass is 213 g/mol. The molecule has 0 amide bonds. The van der Waals surface area contributed by atoms with Gasteiger partial charge in [-0.25, -0.2) is 0 Å². The highest BCUT2D eigenvalue weighted by atomic mass is 16.4. The Morgan fingerprint density at radius 3 is 2.67 bits per heavy atom. The quantitative estimate of drug-likeness (QED) is 0.296. The number of carbonyl (C=O) groups is 1. The summed E-state index contributed by atoms with van der Waals surface area (Å²) in [7, 11) is 0. The number of nitrogens with one attached hydrogen (secondary N) is 2. The van der Waals surface area contributed by atoms with Crippen molar-refractivity contribution < 1.29 is 9.90 Å². The third-order valence-corrected chi connectivity index (χ3v) is 1.97. The molecule has 0 aromatic carbocycles. The summed E-state index contributed by atoms with van der Waals surface area (Å²) in [6.45, 7) is 3.75. The molecule has 5 nitrogen and oxygen atoms in total. The molecular weight excluding hydrogens is 194 g/mol. The zero-order chi connectivity index (χ0) is 11.9. The molecule has 0 radical (unpaired) electrons. The summed E-state index contributed by atoms with van der Waals surface area (Å²) >= 11 is 0. The van der Waals surface area contributed by atoms with Crippen molar-refractivity contribution >= 4 is 11.8 Å². The van der Waals surface area contributed by atoms with E-state index in [4.69, 9.17) is 16.2 Å². The van der Waals surface area contributed by atoms with Gasteiger partial charge in [-0.2, -0.15) is 0 Å². The van der Waals surface area contributed by atoms with Gasteiger partial charge in [0, 0.05) is 6.54 Å². The normalized spacial score (nSPS) is 14.9. The average Bonchev–Trinajstić information content (AvgIpc) is 2.10. The van der Waals surface area contributed by atoms with E-state index >= 15 is 0 Å². The second-order valence-corrected chi connectivity index (χ2v) is 3.74. The minimum absolute atomic E-state index is 0.405. The number of rotatable bonds is 6. The van der Waals surface area contributed by atoms with Crippen LogP contribution in [-0.2, 0) is 4.79 Å². The van der Waals surface area contributed by atoms with Gasteiger partial charge in [-0.15, -0.1) is 0 Å². The fraction of sp³-hybridized carbons (Fsp3) is 0.600. The van der Waals surface area contributed by atoms with Crippen LogP contribution in [0.2, 0.25) is 0 Å². The van der Waals surface area contributed by atoms with E-state index in [-0.39, 0.29) is 0 Å². The first-order valence-electron chi connectivity index (χ1n) is 4.82. The smallest absolute Gasteiger partial charge is 0.323 e. The van der Waals surface area contributed by atoms with Gasteiger partial charge in [0.2, 0.25) is 0 Å². The highest BCUT2D eigenvalue weighted by molar-refractivity contribution is 5.77. The SMILES string of the molecule is CC(=N)NC/C=C\CC[C@@](C)(N)C(=O)O. The van der Waals surface area contributed by atoms with Crippen molar-refractivity contribution in [1.29, 1.82) is 5.41 Å². The molecule has 5 heteroatoms.